The van der Waals surface area contributed by atoms with Crippen LogP contribution in [0.5, 0.6) is 0 Å². The van der Waals surface area contributed by atoms with Gasteiger partial charge in [0.2, 0.25) is 0 Å². The van der Waals surface area contributed by atoms with E-state index in [1.807, 2.05) is 18.7 Å². The first-order valence-corrected chi connectivity index (χ1v) is 8.01. The lowest BCUT2D eigenvalue weighted by Gasteiger charge is -2.26. The molecule has 0 bridgehead atoms. The van der Waals surface area contributed by atoms with Gasteiger partial charge in [-0.25, -0.2) is 0 Å². The average molecular weight is 303 g/mol. The fourth-order valence-corrected chi connectivity index (χ4v) is 4.13. The zero-order valence-corrected chi connectivity index (χ0v) is 12.6. The molecule has 1 saturated heterocycles. The van der Waals surface area contributed by atoms with E-state index < -0.39 is 11.7 Å². The summed E-state index contributed by atoms with van der Waals surface area (Å²) in [6.07, 6.45) is -1.95. The summed E-state index contributed by atoms with van der Waals surface area (Å²) in [4.78, 5) is 0. The Labute approximate surface area is 122 Å². The largest absolute Gasteiger partial charge is 0.416 e. The molecule has 1 heterocycles. The summed E-state index contributed by atoms with van der Waals surface area (Å²) in [5.74, 6) is 1.15. The Bertz CT molecular complexity index is 453. The second-order valence-electron chi connectivity index (χ2n) is 5.16. The van der Waals surface area contributed by atoms with Crippen LogP contribution in [-0.4, -0.2) is 17.5 Å². The highest BCUT2D eigenvalue weighted by Gasteiger charge is 2.32. The average Bonchev–Trinajstić information content (AvgIpc) is 2.89. The van der Waals surface area contributed by atoms with E-state index >= 15 is 0 Å². The number of rotatable bonds is 4. The molecule has 0 saturated carbocycles. The minimum absolute atomic E-state index is 0.148. The van der Waals surface area contributed by atoms with Gasteiger partial charge in [-0.05, 0) is 55.3 Å². The third-order valence-electron chi connectivity index (χ3n) is 3.69. The number of thioether (sulfide) groups is 1. The Balaban J connectivity index is 2.29. The number of hydrogen-bond acceptors (Lipinski definition) is 2. The summed E-state index contributed by atoms with van der Waals surface area (Å²) in [5, 5.41) is 3.90. The van der Waals surface area contributed by atoms with Gasteiger partial charge in [-0.2, -0.15) is 24.9 Å². The lowest BCUT2D eigenvalue weighted by molar-refractivity contribution is -0.137. The van der Waals surface area contributed by atoms with Crippen molar-refractivity contribution in [2.45, 2.75) is 44.2 Å². The first-order valence-electron chi connectivity index (χ1n) is 6.96. The molecular weight excluding hydrogens is 283 g/mol. The molecule has 0 radical (unpaired) electrons. The standard InChI is InChI=1S/C15H20F3NS/c1-3-19-14(13-5-4-8-20-13)12-7-6-11(9-10(12)2)15(16,17)18/h6-7,9,13-14,19H,3-5,8H2,1-2H3. The number of nitrogens with one attached hydrogen (secondary N) is 1. The van der Waals surface area contributed by atoms with Crippen molar-refractivity contribution in [1.82, 2.24) is 5.32 Å². The predicted octanol–water partition coefficient (Wildman–Crippen LogP) is 4.56. The van der Waals surface area contributed by atoms with Gasteiger partial charge in [-0.3, -0.25) is 0 Å². The summed E-state index contributed by atoms with van der Waals surface area (Å²) < 4.78 is 38.2. The Morgan fingerprint density at radius 2 is 2.15 bits per heavy atom. The van der Waals surface area contributed by atoms with Crippen LogP contribution in [0.3, 0.4) is 0 Å². The number of alkyl halides is 3. The van der Waals surface area contributed by atoms with Crippen LogP contribution in [0.25, 0.3) is 0 Å². The molecule has 0 aromatic heterocycles. The minimum atomic E-state index is -4.26. The van der Waals surface area contributed by atoms with Gasteiger partial charge >= 0.3 is 6.18 Å². The van der Waals surface area contributed by atoms with Crippen molar-refractivity contribution in [3.8, 4) is 0 Å². The van der Waals surface area contributed by atoms with Crippen LogP contribution in [0.2, 0.25) is 0 Å². The van der Waals surface area contributed by atoms with Gasteiger partial charge in [0.1, 0.15) is 0 Å². The SMILES string of the molecule is CCNC(c1ccc(C(F)(F)F)cc1C)C1CCCS1. The summed E-state index contributed by atoms with van der Waals surface area (Å²) in [6.45, 7) is 4.63. The first-order chi connectivity index (χ1) is 9.43. The fourth-order valence-electron chi connectivity index (χ4n) is 2.73. The Kier molecular flexibility index (Phi) is 5.02. The topological polar surface area (TPSA) is 12.0 Å². The van der Waals surface area contributed by atoms with Crippen LogP contribution in [0.4, 0.5) is 13.2 Å². The van der Waals surface area contributed by atoms with E-state index in [1.54, 1.807) is 13.0 Å². The van der Waals surface area contributed by atoms with Crippen LogP contribution in [-0.2, 0) is 6.18 Å². The fraction of sp³-hybridized carbons (Fsp3) is 0.600. The van der Waals surface area contributed by atoms with Crippen molar-refractivity contribution >= 4 is 11.8 Å². The van der Waals surface area contributed by atoms with Gasteiger partial charge in [-0.15, -0.1) is 0 Å². The molecule has 5 heteroatoms. The highest BCUT2D eigenvalue weighted by atomic mass is 32.2. The van der Waals surface area contributed by atoms with Crippen molar-refractivity contribution in [2.75, 3.05) is 12.3 Å². The van der Waals surface area contributed by atoms with E-state index in [9.17, 15) is 13.2 Å². The second kappa shape index (κ2) is 6.39. The molecule has 1 aromatic carbocycles. The molecule has 1 aromatic rings. The molecule has 0 spiro atoms. The zero-order valence-electron chi connectivity index (χ0n) is 11.8. The van der Waals surface area contributed by atoms with Crippen molar-refractivity contribution in [3.63, 3.8) is 0 Å². The van der Waals surface area contributed by atoms with Crippen LogP contribution in [0.1, 0.15) is 42.5 Å². The molecule has 2 rings (SSSR count). The highest BCUT2D eigenvalue weighted by Crippen LogP contribution is 2.38. The van der Waals surface area contributed by atoms with E-state index in [4.69, 9.17) is 0 Å². The van der Waals surface area contributed by atoms with Gasteiger partial charge in [0.25, 0.3) is 0 Å². The minimum Gasteiger partial charge on any atom is -0.309 e. The van der Waals surface area contributed by atoms with Gasteiger partial charge in [0.05, 0.1) is 5.56 Å². The number of halogens is 3. The van der Waals surface area contributed by atoms with Crippen LogP contribution in [0.15, 0.2) is 18.2 Å². The van der Waals surface area contributed by atoms with E-state index in [2.05, 4.69) is 5.32 Å². The molecule has 1 fully saturated rings. The number of benzene rings is 1. The van der Waals surface area contributed by atoms with Crippen LogP contribution in [0, 0.1) is 6.92 Å². The maximum atomic E-state index is 12.7. The number of aryl methyl sites for hydroxylation is 1. The smallest absolute Gasteiger partial charge is 0.309 e. The molecule has 1 aliphatic heterocycles. The molecule has 2 unspecified atom stereocenters. The molecule has 1 nitrogen and oxygen atoms in total. The van der Waals surface area contributed by atoms with Gasteiger partial charge < -0.3 is 5.32 Å². The highest BCUT2D eigenvalue weighted by molar-refractivity contribution is 8.00. The molecule has 20 heavy (non-hydrogen) atoms. The van der Waals surface area contributed by atoms with Crippen LogP contribution < -0.4 is 5.32 Å². The maximum absolute atomic E-state index is 12.7. The molecule has 0 amide bonds. The zero-order chi connectivity index (χ0) is 14.8. The first kappa shape index (κ1) is 15.7. The monoisotopic (exact) mass is 303 g/mol. The summed E-state index contributed by atoms with van der Waals surface area (Å²) in [5.41, 5.74) is 1.16. The normalized spacial score (nSPS) is 21.1. The van der Waals surface area contributed by atoms with Crippen molar-refractivity contribution in [2.24, 2.45) is 0 Å². The van der Waals surface area contributed by atoms with Gasteiger partial charge in [0, 0.05) is 11.3 Å². The summed E-state index contributed by atoms with van der Waals surface area (Å²) in [6, 6.07) is 4.26. The molecule has 0 aliphatic carbocycles. The van der Waals surface area contributed by atoms with E-state index in [0.29, 0.717) is 5.25 Å². The second-order valence-corrected chi connectivity index (χ2v) is 6.50. The summed E-state index contributed by atoms with van der Waals surface area (Å²) >= 11 is 1.92. The van der Waals surface area contributed by atoms with E-state index in [1.165, 1.54) is 18.6 Å². The lowest BCUT2D eigenvalue weighted by Crippen LogP contribution is -2.29. The van der Waals surface area contributed by atoms with Gasteiger partial charge in [0.15, 0.2) is 0 Å². The molecule has 2 atom stereocenters. The maximum Gasteiger partial charge on any atom is 0.416 e. The Morgan fingerprint density at radius 1 is 1.40 bits per heavy atom. The molecular formula is C15H20F3NS. The van der Waals surface area contributed by atoms with E-state index in [0.717, 1.165) is 29.8 Å². The third-order valence-corrected chi connectivity index (χ3v) is 5.15. The summed E-state index contributed by atoms with van der Waals surface area (Å²) in [7, 11) is 0. The van der Waals surface area contributed by atoms with E-state index in [-0.39, 0.29) is 6.04 Å². The molecule has 112 valence electrons. The van der Waals surface area contributed by atoms with Gasteiger partial charge in [-0.1, -0.05) is 13.0 Å². The molecule has 1 N–H and O–H groups in total. The van der Waals surface area contributed by atoms with Crippen molar-refractivity contribution in [1.29, 1.82) is 0 Å². The predicted molar refractivity (Wildman–Crippen MR) is 78.1 cm³/mol. The Hall–Kier alpha value is -0.680. The van der Waals surface area contributed by atoms with Crippen molar-refractivity contribution in [3.05, 3.63) is 34.9 Å². The number of hydrogen-bond donors (Lipinski definition) is 1. The molecule has 1 aliphatic rings. The quantitative estimate of drug-likeness (QED) is 0.875. The van der Waals surface area contributed by atoms with Crippen molar-refractivity contribution < 1.29 is 13.2 Å². The van der Waals surface area contributed by atoms with Crippen LogP contribution >= 0.6 is 11.8 Å². The Morgan fingerprint density at radius 3 is 2.65 bits per heavy atom. The third kappa shape index (κ3) is 3.50. The lowest BCUT2D eigenvalue weighted by atomic mass is 9.95.